The van der Waals surface area contributed by atoms with Crippen LogP contribution in [0.15, 0.2) is 85.2 Å². The summed E-state index contributed by atoms with van der Waals surface area (Å²) in [5.74, 6) is 0.436. The van der Waals surface area contributed by atoms with Crippen molar-refractivity contribution in [1.29, 1.82) is 0 Å². The minimum atomic E-state index is 0.115. The molecular formula is C26H22N4+2. The van der Waals surface area contributed by atoms with Crippen molar-refractivity contribution in [3.05, 3.63) is 119 Å². The van der Waals surface area contributed by atoms with Gasteiger partial charge in [-0.15, -0.1) is 0 Å². The van der Waals surface area contributed by atoms with E-state index in [1.165, 1.54) is 33.6 Å². The first-order valence-corrected chi connectivity index (χ1v) is 10.5. The third-order valence-electron chi connectivity index (χ3n) is 7.24. The number of benzene rings is 2. The molecule has 4 aromatic rings. The molecule has 0 spiro atoms. The average molecular weight is 390 g/mol. The molecule has 4 bridgehead atoms. The second kappa shape index (κ2) is 5.48. The summed E-state index contributed by atoms with van der Waals surface area (Å²) in [5.41, 5.74) is 22.4. The Morgan fingerprint density at radius 2 is 1.00 bits per heavy atom. The van der Waals surface area contributed by atoms with Gasteiger partial charge in [0.15, 0.2) is 23.8 Å². The van der Waals surface area contributed by atoms with Crippen LogP contribution in [0.4, 0.5) is 11.4 Å². The van der Waals surface area contributed by atoms with Crippen molar-refractivity contribution in [2.75, 3.05) is 11.5 Å². The Morgan fingerprint density at radius 3 is 1.47 bits per heavy atom. The summed E-state index contributed by atoms with van der Waals surface area (Å²) in [7, 11) is 0. The topological polar surface area (TPSA) is 59.8 Å². The van der Waals surface area contributed by atoms with Crippen molar-refractivity contribution >= 4 is 11.4 Å². The molecule has 0 radical (unpaired) electrons. The third-order valence-corrected chi connectivity index (χ3v) is 7.24. The van der Waals surface area contributed by atoms with Crippen molar-refractivity contribution in [2.45, 2.75) is 23.9 Å². The predicted octanol–water partition coefficient (Wildman–Crippen LogP) is 3.21. The highest BCUT2D eigenvalue weighted by Crippen LogP contribution is 2.55. The van der Waals surface area contributed by atoms with Gasteiger partial charge in [-0.1, -0.05) is 24.3 Å². The fourth-order valence-electron chi connectivity index (χ4n) is 6.20. The van der Waals surface area contributed by atoms with Gasteiger partial charge in [0, 0.05) is 46.8 Å². The lowest BCUT2D eigenvalue weighted by atomic mass is 9.64. The van der Waals surface area contributed by atoms with Crippen molar-refractivity contribution in [2.24, 2.45) is 0 Å². The molecule has 7 heterocycles. The van der Waals surface area contributed by atoms with E-state index in [0.29, 0.717) is 0 Å². The maximum absolute atomic E-state index is 6.30. The lowest BCUT2D eigenvalue weighted by molar-refractivity contribution is -0.817. The molecule has 10 rings (SSSR count). The zero-order valence-electron chi connectivity index (χ0n) is 16.4. The number of rotatable bonds is 0. The summed E-state index contributed by atoms with van der Waals surface area (Å²) >= 11 is 0. The van der Waals surface area contributed by atoms with E-state index in [4.69, 9.17) is 11.5 Å². The van der Waals surface area contributed by atoms with E-state index in [9.17, 15) is 0 Å². The minimum Gasteiger partial charge on any atom is -0.399 e. The molecule has 4 nitrogen and oxygen atoms in total. The molecule has 4 heteroatoms. The van der Waals surface area contributed by atoms with Gasteiger partial charge >= 0.3 is 0 Å². The molecule has 2 aromatic heterocycles. The number of hydrogen-bond acceptors (Lipinski definition) is 2. The van der Waals surface area contributed by atoms with E-state index >= 15 is 0 Å². The molecule has 30 heavy (non-hydrogen) atoms. The number of aromatic nitrogens is 2. The zero-order chi connectivity index (χ0) is 20.0. The Morgan fingerprint density at radius 1 is 0.533 bits per heavy atom. The first-order valence-electron chi connectivity index (χ1n) is 10.5. The van der Waals surface area contributed by atoms with Gasteiger partial charge in [-0.3, -0.25) is 0 Å². The van der Waals surface area contributed by atoms with E-state index in [1.807, 2.05) is 0 Å². The highest BCUT2D eigenvalue weighted by atomic mass is 15.1. The van der Waals surface area contributed by atoms with E-state index in [1.54, 1.807) is 0 Å². The lowest BCUT2D eigenvalue weighted by Crippen LogP contribution is -2.63. The molecule has 1 aliphatic carbocycles. The molecule has 0 amide bonds. The number of nitrogens with two attached hydrogens (primary N) is 2. The number of hydrogen-bond donors (Lipinski definition) is 2. The quantitative estimate of drug-likeness (QED) is 0.358. The first-order chi connectivity index (χ1) is 14.7. The predicted molar refractivity (Wildman–Crippen MR) is 115 cm³/mol. The van der Waals surface area contributed by atoms with Crippen LogP contribution in [-0.4, -0.2) is 0 Å². The number of nitrogen functional groups attached to an aromatic ring is 2. The molecule has 0 saturated carbocycles. The molecule has 4 atom stereocenters. The van der Waals surface area contributed by atoms with E-state index < -0.39 is 0 Å². The summed E-state index contributed by atoms with van der Waals surface area (Å²) < 4.78 is 4.94. The second-order valence-electron chi connectivity index (χ2n) is 8.69. The number of nitrogens with zero attached hydrogens (tertiary/aromatic N) is 2. The third kappa shape index (κ3) is 1.86. The summed E-state index contributed by atoms with van der Waals surface area (Å²) in [6.45, 7) is 0. The number of pyridine rings is 2. The molecular weight excluding hydrogens is 368 g/mol. The largest absolute Gasteiger partial charge is 0.399 e. The smallest absolute Gasteiger partial charge is 0.249 e. The van der Waals surface area contributed by atoms with Crippen LogP contribution in [0.5, 0.6) is 0 Å². The summed E-state index contributed by atoms with van der Waals surface area (Å²) in [6, 6.07) is 26.4. The molecule has 6 aliphatic rings. The highest BCUT2D eigenvalue weighted by molar-refractivity contribution is 5.58. The van der Waals surface area contributed by atoms with E-state index in [-0.39, 0.29) is 23.9 Å². The van der Waals surface area contributed by atoms with Crippen molar-refractivity contribution in [1.82, 2.24) is 0 Å². The van der Waals surface area contributed by atoms with Crippen LogP contribution in [0, 0.1) is 0 Å². The van der Waals surface area contributed by atoms with Crippen molar-refractivity contribution in [3.63, 3.8) is 0 Å². The van der Waals surface area contributed by atoms with Gasteiger partial charge in [-0.25, -0.2) is 0 Å². The Bertz CT molecular complexity index is 1250. The second-order valence-corrected chi connectivity index (χ2v) is 8.69. The molecule has 0 saturated heterocycles. The lowest BCUT2D eigenvalue weighted by Gasteiger charge is -2.42. The SMILES string of the molecule is Nc1ccc2c(c1)C1C3c4cc(N)ccc4C(c4cccc[n+]43)C2c2cccc[n+]21. The average Bonchev–Trinajstić information content (AvgIpc) is 2.75. The fraction of sp³-hybridized carbons (Fsp3) is 0.154. The van der Waals surface area contributed by atoms with Crippen LogP contribution < -0.4 is 20.6 Å². The van der Waals surface area contributed by atoms with Crippen LogP contribution >= 0.6 is 0 Å². The minimum absolute atomic E-state index is 0.115. The first kappa shape index (κ1) is 16.2. The van der Waals surface area contributed by atoms with Gasteiger partial charge in [0.2, 0.25) is 12.1 Å². The Kier molecular flexibility index (Phi) is 2.95. The standard InChI is InChI=1S/C26H22N4/c27-15-7-9-17-19(13-15)25-26-20-14-16(28)8-10-18(20)24(22-6-2-4-12-30(22)26)23(17)21-5-1-3-11-29(21)25/h1-14,23-26H,27-28H2/q+2. The fourth-order valence-corrected chi connectivity index (χ4v) is 6.20. The van der Waals surface area contributed by atoms with Gasteiger partial charge in [0.25, 0.3) is 0 Å². The molecule has 0 fully saturated rings. The van der Waals surface area contributed by atoms with Gasteiger partial charge in [0.1, 0.15) is 0 Å². The van der Waals surface area contributed by atoms with Crippen molar-refractivity contribution < 1.29 is 9.13 Å². The Balaban J connectivity index is 1.68. The monoisotopic (exact) mass is 390 g/mol. The van der Waals surface area contributed by atoms with E-state index in [0.717, 1.165) is 11.4 Å². The summed E-state index contributed by atoms with van der Waals surface area (Å²) in [5, 5.41) is 0. The highest BCUT2D eigenvalue weighted by Gasteiger charge is 2.58. The Labute approximate surface area is 175 Å². The molecule has 4 unspecified atom stereocenters. The van der Waals surface area contributed by atoms with Gasteiger partial charge in [-0.2, -0.15) is 9.13 Å². The van der Waals surface area contributed by atoms with Crippen LogP contribution in [0.3, 0.4) is 0 Å². The van der Waals surface area contributed by atoms with Crippen LogP contribution in [0.1, 0.15) is 57.6 Å². The van der Waals surface area contributed by atoms with Gasteiger partial charge < -0.3 is 11.5 Å². The molecule has 2 aromatic carbocycles. The van der Waals surface area contributed by atoms with Crippen molar-refractivity contribution in [3.8, 4) is 0 Å². The van der Waals surface area contributed by atoms with Crippen LogP contribution in [0.25, 0.3) is 0 Å². The zero-order valence-corrected chi connectivity index (χ0v) is 16.4. The van der Waals surface area contributed by atoms with E-state index in [2.05, 4.69) is 94.3 Å². The van der Waals surface area contributed by atoms with Gasteiger partial charge in [-0.05, 0) is 35.4 Å². The maximum Gasteiger partial charge on any atom is 0.249 e. The normalized spacial score (nSPS) is 24.3. The van der Waals surface area contributed by atoms with Crippen LogP contribution in [-0.2, 0) is 0 Å². The summed E-state index contributed by atoms with van der Waals surface area (Å²) in [4.78, 5) is 0. The molecule has 4 N–H and O–H groups in total. The molecule has 5 aliphatic heterocycles. The Hall–Kier alpha value is -3.66. The summed E-state index contributed by atoms with van der Waals surface area (Å²) in [6.07, 6.45) is 4.46. The maximum atomic E-state index is 6.30. The van der Waals surface area contributed by atoms with Crippen LogP contribution in [0.2, 0.25) is 0 Å². The number of anilines is 2. The van der Waals surface area contributed by atoms with Gasteiger partial charge in [0.05, 0.1) is 11.8 Å². The molecule has 144 valence electrons.